The summed E-state index contributed by atoms with van der Waals surface area (Å²) in [6.07, 6.45) is 0. The molecule has 1 aliphatic heterocycles. The zero-order chi connectivity index (χ0) is 19.7. The van der Waals surface area contributed by atoms with Gasteiger partial charge in [-0.25, -0.2) is 14.1 Å². The molecule has 2 heterocycles. The Morgan fingerprint density at radius 2 is 1.68 bits per heavy atom. The standard InChI is InChI=1S/C21H22FN5O/c1-15-4-3-5-19(14-15)25-10-12-26(13-11-25)21(28)20-23-16(2)27(24-20)18-8-6-17(22)7-9-18/h3-9,14H,10-13H2,1-2H3. The normalized spacial score (nSPS) is 14.4. The van der Waals surface area contributed by atoms with Crippen molar-refractivity contribution in [1.82, 2.24) is 19.7 Å². The van der Waals surface area contributed by atoms with E-state index in [9.17, 15) is 9.18 Å². The number of nitrogens with zero attached hydrogens (tertiary/aromatic N) is 5. The monoisotopic (exact) mass is 379 g/mol. The van der Waals surface area contributed by atoms with Gasteiger partial charge in [-0.05, 0) is 55.8 Å². The van der Waals surface area contributed by atoms with Crippen LogP contribution in [0.4, 0.5) is 10.1 Å². The van der Waals surface area contributed by atoms with Gasteiger partial charge in [0.15, 0.2) is 0 Å². The van der Waals surface area contributed by atoms with Crippen LogP contribution in [0.5, 0.6) is 0 Å². The first-order valence-electron chi connectivity index (χ1n) is 9.32. The maximum absolute atomic E-state index is 13.1. The van der Waals surface area contributed by atoms with Crippen LogP contribution in [0.1, 0.15) is 22.0 Å². The fraction of sp³-hybridized carbons (Fsp3) is 0.286. The number of aryl methyl sites for hydroxylation is 2. The summed E-state index contributed by atoms with van der Waals surface area (Å²) < 4.78 is 14.7. The Labute approximate surface area is 163 Å². The summed E-state index contributed by atoms with van der Waals surface area (Å²) in [6.45, 7) is 6.64. The molecule has 1 fully saturated rings. The smallest absolute Gasteiger partial charge is 0.293 e. The van der Waals surface area contributed by atoms with Gasteiger partial charge in [-0.2, -0.15) is 0 Å². The van der Waals surface area contributed by atoms with Crippen molar-refractivity contribution < 1.29 is 9.18 Å². The molecule has 0 saturated carbocycles. The second-order valence-electron chi connectivity index (χ2n) is 6.99. The molecule has 0 bridgehead atoms. The van der Waals surface area contributed by atoms with Gasteiger partial charge < -0.3 is 9.80 Å². The highest BCUT2D eigenvalue weighted by molar-refractivity contribution is 5.90. The summed E-state index contributed by atoms with van der Waals surface area (Å²) in [4.78, 5) is 21.3. The van der Waals surface area contributed by atoms with Gasteiger partial charge in [-0.1, -0.05) is 12.1 Å². The summed E-state index contributed by atoms with van der Waals surface area (Å²) in [7, 11) is 0. The van der Waals surface area contributed by atoms with Crippen LogP contribution in [0.2, 0.25) is 0 Å². The first-order valence-corrected chi connectivity index (χ1v) is 9.32. The van der Waals surface area contributed by atoms with Gasteiger partial charge >= 0.3 is 0 Å². The van der Waals surface area contributed by atoms with E-state index in [4.69, 9.17) is 0 Å². The summed E-state index contributed by atoms with van der Waals surface area (Å²) in [6, 6.07) is 14.3. The molecule has 0 N–H and O–H groups in total. The molecular weight excluding hydrogens is 357 g/mol. The second-order valence-corrected chi connectivity index (χ2v) is 6.99. The quantitative estimate of drug-likeness (QED) is 0.702. The predicted molar refractivity (Wildman–Crippen MR) is 105 cm³/mol. The minimum Gasteiger partial charge on any atom is -0.368 e. The van der Waals surface area contributed by atoms with E-state index in [-0.39, 0.29) is 17.5 Å². The number of carbonyl (C=O) groups excluding carboxylic acids is 1. The Balaban J connectivity index is 1.46. The topological polar surface area (TPSA) is 54.3 Å². The molecule has 1 aliphatic rings. The highest BCUT2D eigenvalue weighted by Crippen LogP contribution is 2.19. The number of amides is 1. The molecule has 0 radical (unpaired) electrons. The minimum absolute atomic E-state index is 0.172. The minimum atomic E-state index is -0.315. The Morgan fingerprint density at radius 1 is 0.964 bits per heavy atom. The number of benzene rings is 2. The van der Waals surface area contributed by atoms with Crippen molar-refractivity contribution in [3.8, 4) is 5.69 Å². The fourth-order valence-electron chi connectivity index (χ4n) is 3.44. The number of anilines is 1. The summed E-state index contributed by atoms with van der Waals surface area (Å²) in [5.41, 5.74) is 3.08. The van der Waals surface area contributed by atoms with Crippen molar-refractivity contribution >= 4 is 11.6 Å². The molecule has 2 aromatic carbocycles. The largest absolute Gasteiger partial charge is 0.368 e. The molecule has 3 aromatic rings. The van der Waals surface area contributed by atoms with Gasteiger partial charge in [0.1, 0.15) is 11.6 Å². The van der Waals surface area contributed by atoms with Crippen LogP contribution in [0.3, 0.4) is 0 Å². The van der Waals surface area contributed by atoms with Crippen LogP contribution in [0.25, 0.3) is 5.69 Å². The summed E-state index contributed by atoms with van der Waals surface area (Å²) in [5, 5.41) is 4.35. The first kappa shape index (κ1) is 18.2. The van der Waals surface area contributed by atoms with Gasteiger partial charge in [-0.3, -0.25) is 4.79 Å². The zero-order valence-electron chi connectivity index (χ0n) is 16.0. The van der Waals surface area contributed by atoms with E-state index in [2.05, 4.69) is 46.2 Å². The maximum Gasteiger partial charge on any atom is 0.293 e. The zero-order valence-corrected chi connectivity index (χ0v) is 16.0. The highest BCUT2D eigenvalue weighted by Gasteiger charge is 2.25. The Kier molecular flexibility index (Phi) is 4.81. The molecule has 0 atom stereocenters. The van der Waals surface area contributed by atoms with Crippen LogP contribution in [-0.4, -0.2) is 51.8 Å². The van der Waals surface area contributed by atoms with Crippen molar-refractivity contribution in [3.05, 3.63) is 71.6 Å². The highest BCUT2D eigenvalue weighted by atomic mass is 19.1. The van der Waals surface area contributed by atoms with E-state index in [0.29, 0.717) is 24.6 Å². The lowest BCUT2D eigenvalue weighted by molar-refractivity contribution is 0.0734. The van der Waals surface area contributed by atoms with Crippen molar-refractivity contribution in [2.24, 2.45) is 0 Å². The molecule has 4 rings (SSSR count). The summed E-state index contributed by atoms with van der Waals surface area (Å²) in [5.74, 6) is 0.274. The number of halogens is 1. The number of aromatic nitrogens is 3. The van der Waals surface area contributed by atoms with Crippen molar-refractivity contribution in [1.29, 1.82) is 0 Å². The third-order valence-corrected chi connectivity index (χ3v) is 4.97. The molecule has 7 heteroatoms. The van der Waals surface area contributed by atoms with E-state index >= 15 is 0 Å². The van der Waals surface area contributed by atoms with E-state index in [0.717, 1.165) is 13.1 Å². The molecule has 0 unspecified atom stereocenters. The van der Waals surface area contributed by atoms with Crippen LogP contribution in [0, 0.1) is 19.7 Å². The molecule has 6 nitrogen and oxygen atoms in total. The van der Waals surface area contributed by atoms with Gasteiger partial charge in [0.25, 0.3) is 5.91 Å². The fourth-order valence-corrected chi connectivity index (χ4v) is 3.44. The lowest BCUT2D eigenvalue weighted by Gasteiger charge is -2.35. The van der Waals surface area contributed by atoms with Crippen LogP contribution in [-0.2, 0) is 0 Å². The predicted octanol–water partition coefficient (Wildman–Crippen LogP) is 2.99. The lowest BCUT2D eigenvalue weighted by atomic mass is 10.2. The third-order valence-electron chi connectivity index (χ3n) is 4.97. The van der Waals surface area contributed by atoms with Crippen molar-refractivity contribution in [3.63, 3.8) is 0 Å². The van der Waals surface area contributed by atoms with Crippen LogP contribution >= 0.6 is 0 Å². The molecule has 28 heavy (non-hydrogen) atoms. The molecule has 1 aromatic heterocycles. The Hall–Kier alpha value is -3.22. The van der Waals surface area contributed by atoms with E-state index in [1.807, 2.05) is 0 Å². The Bertz CT molecular complexity index is 990. The second kappa shape index (κ2) is 7.42. The molecule has 0 spiro atoms. The van der Waals surface area contributed by atoms with Gasteiger partial charge in [-0.15, -0.1) is 5.10 Å². The average Bonchev–Trinajstić information content (AvgIpc) is 3.10. The van der Waals surface area contributed by atoms with E-state index in [1.165, 1.54) is 23.4 Å². The van der Waals surface area contributed by atoms with Gasteiger partial charge in [0.2, 0.25) is 5.82 Å². The molecule has 1 amide bonds. The van der Waals surface area contributed by atoms with E-state index in [1.54, 1.807) is 28.6 Å². The molecule has 144 valence electrons. The van der Waals surface area contributed by atoms with Crippen molar-refractivity contribution in [2.75, 3.05) is 31.1 Å². The van der Waals surface area contributed by atoms with Gasteiger partial charge in [0.05, 0.1) is 5.69 Å². The maximum atomic E-state index is 13.1. The average molecular weight is 379 g/mol. The van der Waals surface area contributed by atoms with Crippen molar-refractivity contribution in [2.45, 2.75) is 13.8 Å². The first-order chi connectivity index (χ1) is 13.5. The van der Waals surface area contributed by atoms with E-state index < -0.39 is 0 Å². The molecular formula is C21H22FN5O. The Morgan fingerprint density at radius 3 is 2.36 bits per heavy atom. The lowest BCUT2D eigenvalue weighted by Crippen LogP contribution is -2.49. The SMILES string of the molecule is Cc1cccc(N2CCN(C(=O)c3nc(C)n(-c4ccc(F)cc4)n3)CC2)c1. The number of rotatable bonds is 3. The number of hydrogen-bond acceptors (Lipinski definition) is 4. The van der Waals surface area contributed by atoms with Crippen LogP contribution < -0.4 is 4.90 Å². The third kappa shape index (κ3) is 3.60. The molecule has 1 saturated heterocycles. The summed E-state index contributed by atoms with van der Waals surface area (Å²) >= 11 is 0. The van der Waals surface area contributed by atoms with Crippen LogP contribution in [0.15, 0.2) is 48.5 Å². The molecule has 0 aliphatic carbocycles. The number of piperazine rings is 1. The van der Waals surface area contributed by atoms with Gasteiger partial charge in [0, 0.05) is 31.9 Å². The number of hydrogen-bond donors (Lipinski definition) is 0. The number of carbonyl (C=O) groups is 1.